The molecule has 7 heteroatoms. The zero-order valence-corrected chi connectivity index (χ0v) is 9.41. The molecular weight excluding hydrogens is 245 g/mol. The first-order valence-corrected chi connectivity index (χ1v) is 5.67. The molecule has 0 bridgehead atoms. The van der Waals surface area contributed by atoms with Gasteiger partial charge < -0.3 is 5.73 Å². The zero-order valence-electron chi connectivity index (χ0n) is 9.41. The number of alkyl halides is 3. The van der Waals surface area contributed by atoms with Crippen molar-refractivity contribution in [3.63, 3.8) is 0 Å². The highest BCUT2D eigenvalue weighted by Gasteiger charge is 2.32. The summed E-state index contributed by atoms with van der Waals surface area (Å²) in [6, 6.07) is 1.22. The molecule has 0 spiro atoms. The molecule has 2 aromatic rings. The Morgan fingerprint density at radius 2 is 2.06 bits per heavy atom. The molecule has 18 heavy (non-hydrogen) atoms. The fourth-order valence-corrected chi connectivity index (χ4v) is 2.16. The summed E-state index contributed by atoms with van der Waals surface area (Å²) in [6.45, 7) is 0. The molecule has 1 saturated carbocycles. The first-order valence-electron chi connectivity index (χ1n) is 5.67. The number of anilines is 1. The van der Waals surface area contributed by atoms with Crippen molar-refractivity contribution in [3.05, 3.63) is 17.8 Å². The smallest absolute Gasteiger partial charge is 0.369 e. The van der Waals surface area contributed by atoms with Crippen molar-refractivity contribution < 1.29 is 13.2 Å². The van der Waals surface area contributed by atoms with Crippen LogP contribution in [-0.4, -0.2) is 14.5 Å². The number of fused-ring (bicyclic) bond motifs is 1. The van der Waals surface area contributed by atoms with Gasteiger partial charge in [0.1, 0.15) is 5.52 Å². The highest BCUT2D eigenvalue weighted by Crippen LogP contribution is 2.37. The molecule has 1 fully saturated rings. The lowest BCUT2D eigenvalue weighted by molar-refractivity contribution is -0.137. The van der Waals surface area contributed by atoms with Crippen molar-refractivity contribution in [1.29, 1.82) is 0 Å². The lowest BCUT2D eigenvalue weighted by Crippen LogP contribution is -2.19. The number of nitrogen functional groups attached to an aromatic ring is 1. The van der Waals surface area contributed by atoms with Crippen LogP contribution in [0.15, 0.2) is 12.3 Å². The highest BCUT2D eigenvalue weighted by molar-refractivity contribution is 5.75. The van der Waals surface area contributed by atoms with E-state index in [0.29, 0.717) is 5.65 Å². The number of nitrogens with two attached hydrogens (primary N) is 1. The Bertz CT molecular complexity index is 598. The Kier molecular flexibility index (Phi) is 2.26. The average Bonchev–Trinajstić information content (AvgIpc) is 2.51. The number of aromatic nitrogens is 3. The summed E-state index contributed by atoms with van der Waals surface area (Å²) in [5, 5.41) is 0. The maximum atomic E-state index is 12.6. The van der Waals surface area contributed by atoms with E-state index in [1.54, 1.807) is 4.57 Å². The quantitative estimate of drug-likeness (QED) is 0.853. The fraction of sp³-hybridized carbons (Fsp3) is 0.455. The molecule has 0 aromatic carbocycles. The summed E-state index contributed by atoms with van der Waals surface area (Å²) < 4.78 is 39.4. The van der Waals surface area contributed by atoms with Crippen LogP contribution in [-0.2, 0) is 6.18 Å². The van der Waals surface area contributed by atoms with Crippen molar-refractivity contribution in [1.82, 2.24) is 14.5 Å². The van der Waals surface area contributed by atoms with Crippen LogP contribution in [0.25, 0.3) is 11.2 Å². The van der Waals surface area contributed by atoms with Gasteiger partial charge >= 0.3 is 6.18 Å². The summed E-state index contributed by atoms with van der Waals surface area (Å²) in [5.41, 5.74) is 5.59. The maximum absolute atomic E-state index is 12.6. The van der Waals surface area contributed by atoms with Crippen molar-refractivity contribution in [3.8, 4) is 0 Å². The number of hydrogen-bond donors (Lipinski definition) is 1. The Hall–Kier alpha value is -1.79. The standard InChI is InChI=1S/C11H11F3N4/c12-11(13,14)6-4-8-9(16-5-6)18(10(15)17-8)7-2-1-3-7/h4-5,7H,1-3H2,(H2,15,17). The lowest BCUT2D eigenvalue weighted by atomic mass is 9.93. The summed E-state index contributed by atoms with van der Waals surface area (Å²) in [6.07, 6.45) is -0.532. The van der Waals surface area contributed by atoms with E-state index in [1.165, 1.54) is 0 Å². The Balaban J connectivity index is 2.14. The molecule has 0 saturated heterocycles. The molecule has 1 aliphatic rings. The van der Waals surface area contributed by atoms with Crippen LogP contribution in [0, 0.1) is 0 Å². The average molecular weight is 256 g/mol. The topological polar surface area (TPSA) is 56.7 Å². The monoisotopic (exact) mass is 256 g/mol. The van der Waals surface area contributed by atoms with Gasteiger partial charge in [0.2, 0.25) is 5.95 Å². The van der Waals surface area contributed by atoms with Crippen LogP contribution in [0.2, 0.25) is 0 Å². The van der Waals surface area contributed by atoms with Gasteiger partial charge in [0.15, 0.2) is 5.65 Å². The number of rotatable bonds is 1. The molecule has 96 valence electrons. The molecule has 2 heterocycles. The van der Waals surface area contributed by atoms with Gasteiger partial charge in [-0.1, -0.05) is 0 Å². The van der Waals surface area contributed by atoms with Crippen molar-refractivity contribution in [2.45, 2.75) is 31.5 Å². The molecule has 0 unspecified atom stereocenters. The van der Waals surface area contributed by atoms with E-state index in [2.05, 4.69) is 9.97 Å². The Morgan fingerprint density at radius 1 is 1.33 bits per heavy atom. The van der Waals surface area contributed by atoms with E-state index in [4.69, 9.17) is 5.73 Å². The second-order valence-electron chi connectivity index (χ2n) is 4.49. The maximum Gasteiger partial charge on any atom is 0.417 e. The molecule has 0 amide bonds. The third-order valence-corrected chi connectivity index (χ3v) is 3.32. The summed E-state index contributed by atoms with van der Waals surface area (Å²) in [7, 11) is 0. The van der Waals surface area contributed by atoms with Crippen LogP contribution in [0.1, 0.15) is 30.9 Å². The zero-order chi connectivity index (χ0) is 12.9. The van der Waals surface area contributed by atoms with E-state index in [9.17, 15) is 13.2 Å². The largest absolute Gasteiger partial charge is 0.417 e. The first-order chi connectivity index (χ1) is 8.47. The predicted molar refractivity (Wildman–Crippen MR) is 59.8 cm³/mol. The van der Waals surface area contributed by atoms with Crippen LogP contribution < -0.4 is 5.73 Å². The van der Waals surface area contributed by atoms with Gasteiger partial charge in [-0.2, -0.15) is 13.2 Å². The highest BCUT2D eigenvalue weighted by atomic mass is 19.4. The van der Waals surface area contributed by atoms with E-state index < -0.39 is 11.7 Å². The first kappa shape index (κ1) is 11.3. The fourth-order valence-electron chi connectivity index (χ4n) is 2.16. The molecule has 1 aliphatic carbocycles. The predicted octanol–water partition coefficient (Wildman–Crippen LogP) is 2.76. The number of imidazole rings is 1. The lowest BCUT2D eigenvalue weighted by Gasteiger charge is -2.27. The van der Waals surface area contributed by atoms with E-state index in [-0.39, 0.29) is 17.5 Å². The second-order valence-corrected chi connectivity index (χ2v) is 4.49. The molecule has 2 N–H and O–H groups in total. The molecule has 0 atom stereocenters. The molecular formula is C11H11F3N4. The SMILES string of the molecule is Nc1nc2cc(C(F)(F)F)cnc2n1C1CCC1. The van der Waals surface area contributed by atoms with Gasteiger partial charge in [-0.15, -0.1) is 0 Å². The minimum atomic E-state index is -4.41. The van der Waals surface area contributed by atoms with Gasteiger partial charge in [0.25, 0.3) is 0 Å². The molecule has 0 aliphatic heterocycles. The summed E-state index contributed by atoms with van der Waals surface area (Å²) >= 11 is 0. The van der Waals surface area contributed by atoms with Crippen molar-refractivity contribution in [2.75, 3.05) is 5.73 Å². The molecule has 4 nitrogen and oxygen atoms in total. The second kappa shape index (κ2) is 3.60. The summed E-state index contributed by atoms with van der Waals surface area (Å²) in [4.78, 5) is 7.84. The van der Waals surface area contributed by atoms with E-state index >= 15 is 0 Å². The van der Waals surface area contributed by atoms with Crippen LogP contribution >= 0.6 is 0 Å². The number of halogens is 3. The molecule has 0 radical (unpaired) electrons. The Morgan fingerprint density at radius 3 is 2.61 bits per heavy atom. The number of hydrogen-bond acceptors (Lipinski definition) is 3. The van der Waals surface area contributed by atoms with Crippen molar-refractivity contribution in [2.24, 2.45) is 0 Å². The minimum absolute atomic E-state index is 0.203. The summed E-state index contributed by atoms with van der Waals surface area (Å²) in [5.74, 6) is 0.238. The van der Waals surface area contributed by atoms with Gasteiger partial charge in [-0.3, -0.25) is 4.57 Å². The van der Waals surface area contributed by atoms with Crippen molar-refractivity contribution >= 4 is 17.1 Å². The third kappa shape index (κ3) is 1.61. The number of nitrogens with zero attached hydrogens (tertiary/aromatic N) is 3. The number of pyridine rings is 1. The van der Waals surface area contributed by atoms with Gasteiger partial charge in [0, 0.05) is 12.2 Å². The third-order valence-electron chi connectivity index (χ3n) is 3.32. The minimum Gasteiger partial charge on any atom is -0.369 e. The molecule has 2 aromatic heterocycles. The van der Waals surface area contributed by atoms with Gasteiger partial charge in [0.05, 0.1) is 5.56 Å². The van der Waals surface area contributed by atoms with E-state index in [0.717, 1.165) is 31.5 Å². The van der Waals surface area contributed by atoms with E-state index in [1.807, 2.05) is 0 Å². The van der Waals surface area contributed by atoms with Crippen LogP contribution in [0.5, 0.6) is 0 Å². The van der Waals surface area contributed by atoms with Crippen LogP contribution in [0.4, 0.5) is 19.1 Å². The normalized spacial score (nSPS) is 17.1. The van der Waals surface area contributed by atoms with Gasteiger partial charge in [-0.05, 0) is 25.3 Å². The molecule has 3 rings (SSSR count). The Labute approximate surface area is 101 Å². The van der Waals surface area contributed by atoms with Gasteiger partial charge in [-0.25, -0.2) is 9.97 Å². The van der Waals surface area contributed by atoms with Crippen LogP contribution in [0.3, 0.4) is 0 Å².